The number of benzene rings is 1. The van der Waals surface area contributed by atoms with Crippen LogP contribution in [0.15, 0.2) is 42.0 Å². The Kier molecular flexibility index (Phi) is 5.22. The average molecular weight is 311 g/mol. The molecule has 0 spiro atoms. The van der Waals surface area contributed by atoms with E-state index in [1.54, 1.807) is 0 Å². The van der Waals surface area contributed by atoms with Crippen molar-refractivity contribution in [1.82, 2.24) is 4.90 Å². The van der Waals surface area contributed by atoms with Crippen molar-refractivity contribution in [3.8, 4) is 5.75 Å². The second kappa shape index (κ2) is 7.35. The van der Waals surface area contributed by atoms with Gasteiger partial charge in [0.2, 0.25) is 0 Å². The molecule has 3 rings (SSSR count). The fourth-order valence-electron chi connectivity index (χ4n) is 3.42. The summed E-state index contributed by atoms with van der Waals surface area (Å²) in [4.78, 5) is 2.54. The molecule has 0 N–H and O–H groups in total. The Morgan fingerprint density at radius 3 is 2.26 bits per heavy atom. The van der Waals surface area contributed by atoms with Crippen molar-refractivity contribution in [3.05, 3.63) is 47.6 Å². The van der Waals surface area contributed by atoms with Crippen LogP contribution in [-0.4, -0.2) is 30.1 Å². The average Bonchev–Trinajstić information content (AvgIpc) is 2.57. The van der Waals surface area contributed by atoms with Gasteiger partial charge in [-0.3, -0.25) is 0 Å². The molecule has 2 aliphatic rings. The molecule has 0 amide bonds. The molecule has 23 heavy (non-hydrogen) atoms. The van der Waals surface area contributed by atoms with Gasteiger partial charge in [-0.1, -0.05) is 29.9 Å². The molecule has 1 aromatic carbocycles. The van der Waals surface area contributed by atoms with Gasteiger partial charge < -0.3 is 9.64 Å². The molecule has 0 saturated carbocycles. The SMILES string of the molecule is CC1=CCC(c2ccc(OC3CCN(C(C)C)CC3)cc2)=CC1. The van der Waals surface area contributed by atoms with Gasteiger partial charge in [0.05, 0.1) is 0 Å². The fourth-order valence-corrected chi connectivity index (χ4v) is 3.42. The zero-order valence-electron chi connectivity index (χ0n) is 14.7. The van der Waals surface area contributed by atoms with Crippen LogP contribution in [0.2, 0.25) is 0 Å². The van der Waals surface area contributed by atoms with E-state index in [1.807, 2.05) is 0 Å². The molecule has 1 aliphatic carbocycles. The molecule has 1 saturated heterocycles. The van der Waals surface area contributed by atoms with Gasteiger partial charge in [-0.15, -0.1) is 0 Å². The van der Waals surface area contributed by atoms with Crippen LogP contribution in [0.5, 0.6) is 5.75 Å². The maximum atomic E-state index is 6.18. The first kappa shape index (κ1) is 16.3. The van der Waals surface area contributed by atoms with E-state index in [0.717, 1.165) is 44.5 Å². The summed E-state index contributed by atoms with van der Waals surface area (Å²) in [5, 5.41) is 0. The quantitative estimate of drug-likeness (QED) is 0.720. The largest absolute Gasteiger partial charge is 0.490 e. The van der Waals surface area contributed by atoms with Crippen LogP contribution >= 0.6 is 0 Å². The zero-order chi connectivity index (χ0) is 16.2. The van der Waals surface area contributed by atoms with E-state index in [1.165, 1.54) is 16.7 Å². The number of hydrogen-bond acceptors (Lipinski definition) is 2. The summed E-state index contributed by atoms with van der Waals surface area (Å²) < 4.78 is 6.18. The zero-order valence-corrected chi connectivity index (χ0v) is 14.7. The Hall–Kier alpha value is -1.54. The summed E-state index contributed by atoms with van der Waals surface area (Å²) in [6.45, 7) is 9.06. The van der Waals surface area contributed by atoms with E-state index < -0.39 is 0 Å². The van der Waals surface area contributed by atoms with Gasteiger partial charge in [0.1, 0.15) is 11.9 Å². The van der Waals surface area contributed by atoms with Crippen LogP contribution in [0.3, 0.4) is 0 Å². The minimum Gasteiger partial charge on any atom is -0.490 e. The van der Waals surface area contributed by atoms with E-state index in [-0.39, 0.29) is 0 Å². The monoisotopic (exact) mass is 311 g/mol. The number of nitrogens with zero attached hydrogens (tertiary/aromatic N) is 1. The lowest BCUT2D eigenvalue weighted by Crippen LogP contribution is -2.41. The Bertz CT molecular complexity index is 574. The minimum atomic E-state index is 0.371. The Balaban J connectivity index is 1.54. The third-order valence-corrected chi connectivity index (χ3v) is 5.08. The third-order valence-electron chi connectivity index (χ3n) is 5.08. The predicted octanol–water partition coefficient (Wildman–Crippen LogP) is 5.06. The van der Waals surface area contributed by atoms with Gasteiger partial charge in [0, 0.05) is 19.1 Å². The summed E-state index contributed by atoms with van der Waals surface area (Å²) in [7, 11) is 0. The van der Waals surface area contributed by atoms with E-state index in [4.69, 9.17) is 4.74 Å². The summed E-state index contributed by atoms with van der Waals surface area (Å²) in [5.41, 5.74) is 4.24. The maximum absolute atomic E-state index is 6.18. The molecule has 0 radical (unpaired) electrons. The molecule has 1 heterocycles. The summed E-state index contributed by atoms with van der Waals surface area (Å²) in [5.74, 6) is 1.01. The summed E-state index contributed by atoms with van der Waals surface area (Å²) >= 11 is 0. The minimum absolute atomic E-state index is 0.371. The van der Waals surface area contributed by atoms with Gasteiger partial charge >= 0.3 is 0 Å². The number of allylic oxidation sites excluding steroid dienone is 4. The molecule has 0 bridgehead atoms. The molecule has 1 aliphatic heterocycles. The highest BCUT2D eigenvalue weighted by Gasteiger charge is 2.21. The van der Waals surface area contributed by atoms with Gasteiger partial charge in [-0.05, 0) is 69.7 Å². The van der Waals surface area contributed by atoms with Crippen LogP contribution in [0.4, 0.5) is 0 Å². The van der Waals surface area contributed by atoms with Crippen molar-refractivity contribution in [1.29, 1.82) is 0 Å². The van der Waals surface area contributed by atoms with Crippen LogP contribution in [0, 0.1) is 0 Å². The molecular weight excluding hydrogens is 282 g/mol. The molecule has 124 valence electrons. The Morgan fingerprint density at radius 1 is 1.00 bits per heavy atom. The molecule has 1 aromatic rings. The second-order valence-electron chi connectivity index (χ2n) is 7.16. The van der Waals surface area contributed by atoms with Crippen molar-refractivity contribution >= 4 is 5.57 Å². The van der Waals surface area contributed by atoms with E-state index >= 15 is 0 Å². The lowest BCUT2D eigenvalue weighted by molar-refractivity contribution is 0.0843. The Labute approximate surface area is 140 Å². The molecule has 2 heteroatoms. The number of hydrogen-bond donors (Lipinski definition) is 0. The van der Waals surface area contributed by atoms with Crippen molar-refractivity contribution in [2.24, 2.45) is 0 Å². The van der Waals surface area contributed by atoms with Gasteiger partial charge in [-0.2, -0.15) is 0 Å². The van der Waals surface area contributed by atoms with Crippen LogP contribution in [0.25, 0.3) is 5.57 Å². The van der Waals surface area contributed by atoms with Crippen LogP contribution in [-0.2, 0) is 0 Å². The van der Waals surface area contributed by atoms with Gasteiger partial charge in [-0.25, -0.2) is 0 Å². The number of piperidine rings is 1. The highest BCUT2D eigenvalue weighted by atomic mass is 16.5. The summed E-state index contributed by atoms with van der Waals surface area (Å²) in [6.07, 6.45) is 9.47. The predicted molar refractivity (Wildman–Crippen MR) is 97.8 cm³/mol. The van der Waals surface area contributed by atoms with Gasteiger partial charge in [0.15, 0.2) is 0 Å². The second-order valence-corrected chi connectivity index (χ2v) is 7.16. The van der Waals surface area contributed by atoms with Crippen LogP contribution < -0.4 is 4.74 Å². The maximum Gasteiger partial charge on any atom is 0.119 e. The molecule has 0 atom stereocenters. The van der Waals surface area contributed by atoms with Crippen molar-refractivity contribution in [3.63, 3.8) is 0 Å². The Morgan fingerprint density at radius 2 is 1.70 bits per heavy atom. The van der Waals surface area contributed by atoms with Crippen molar-refractivity contribution in [2.45, 2.75) is 58.6 Å². The van der Waals surface area contributed by atoms with E-state index in [0.29, 0.717) is 12.1 Å². The third kappa shape index (κ3) is 4.26. The highest BCUT2D eigenvalue weighted by Crippen LogP contribution is 2.28. The number of rotatable bonds is 4. The summed E-state index contributed by atoms with van der Waals surface area (Å²) in [6, 6.07) is 9.33. The first-order chi connectivity index (χ1) is 11.1. The normalized spacial score (nSPS) is 20.3. The van der Waals surface area contributed by atoms with Crippen LogP contribution in [0.1, 0.15) is 52.0 Å². The first-order valence-corrected chi connectivity index (χ1v) is 8.97. The topological polar surface area (TPSA) is 12.5 Å². The smallest absolute Gasteiger partial charge is 0.119 e. The van der Waals surface area contributed by atoms with E-state index in [2.05, 4.69) is 62.1 Å². The van der Waals surface area contributed by atoms with Crippen molar-refractivity contribution < 1.29 is 4.74 Å². The number of ether oxygens (including phenoxy) is 1. The first-order valence-electron chi connectivity index (χ1n) is 8.97. The molecule has 0 aromatic heterocycles. The molecule has 2 nitrogen and oxygen atoms in total. The molecular formula is C21H29NO. The fraction of sp³-hybridized carbons (Fsp3) is 0.524. The lowest BCUT2D eigenvalue weighted by atomic mass is 9.95. The van der Waals surface area contributed by atoms with Gasteiger partial charge in [0.25, 0.3) is 0 Å². The number of likely N-dealkylation sites (tertiary alicyclic amines) is 1. The highest BCUT2D eigenvalue weighted by molar-refractivity contribution is 5.68. The van der Waals surface area contributed by atoms with E-state index in [9.17, 15) is 0 Å². The lowest BCUT2D eigenvalue weighted by Gasteiger charge is -2.34. The molecule has 0 unspecified atom stereocenters. The van der Waals surface area contributed by atoms with Crippen molar-refractivity contribution in [2.75, 3.05) is 13.1 Å². The molecule has 1 fully saturated rings. The standard InChI is InChI=1S/C21H29NO/c1-16(2)22-14-12-21(13-15-22)23-20-10-8-19(9-11-20)18-6-4-17(3)5-7-18/h4,7-11,16,21H,5-6,12-15H2,1-3H3.